The van der Waals surface area contributed by atoms with Crippen molar-refractivity contribution in [1.82, 2.24) is 0 Å². The summed E-state index contributed by atoms with van der Waals surface area (Å²) in [6.45, 7) is 1.52. The summed E-state index contributed by atoms with van der Waals surface area (Å²) >= 11 is 0. The fourth-order valence-electron chi connectivity index (χ4n) is 0.506. The van der Waals surface area contributed by atoms with Gasteiger partial charge in [0, 0.05) is 0 Å². The van der Waals surface area contributed by atoms with Crippen molar-refractivity contribution in [1.29, 1.82) is 0 Å². The lowest BCUT2D eigenvalue weighted by molar-refractivity contribution is -0.235. The van der Waals surface area contributed by atoms with Gasteiger partial charge in [-0.15, -0.1) is 0 Å². The predicted molar refractivity (Wildman–Crippen MR) is 36.1 cm³/mol. The van der Waals surface area contributed by atoms with Gasteiger partial charge in [-0.3, -0.25) is 0 Å². The zero-order valence-electron chi connectivity index (χ0n) is 6.62. The van der Waals surface area contributed by atoms with Gasteiger partial charge in [0.15, 0.2) is 0 Å². The highest BCUT2D eigenvalue weighted by Gasteiger charge is 2.28. The van der Waals surface area contributed by atoms with Crippen molar-refractivity contribution in [2.75, 3.05) is 6.61 Å². The molecule has 0 atom stereocenters. The van der Waals surface area contributed by atoms with Gasteiger partial charge in [0.1, 0.15) is 0 Å². The molecule has 5 heteroatoms. The van der Waals surface area contributed by atoms with E-state index in [4.69, 9.17) is 0 Å². The summed E-state index contributed by atoms with van der Waals surface area (Å²) in [7, 11) is 0. The first-order valence-electron chi connectivity index (χ1n) is 3.51. The van der Waals surface area contributed by atoms with E-state index in [1.807, 2.05) is 0 Å². The summed E-state index contributed by atoms with van der Waals surface area (Å²) in [5.74, 6) is 0. The Morgan fingerprint density at radius 1 is 1.42 bits per heavy atom. The first-order valence-corrected chi connectivity index (χ1v) is 3.51. The van der Waals surface area contributed by atoms with E-state index in [2.05, 4.69) is 4.74 Å². The summed E-state index contributed by atoms with van der Waals surface area (Å²) in [6, 6.07) is 0. The topological polar surface area (TPSA) is 9.23 Å². The minimum Gasteiger partial charge on any atom is -0.320 e. The molecule has 0 saturated carbocycles. The Bertz CT molecular complexity index is 151. The summed E-state index contributed by atoms with van der Waals surface area (Å²) in [6.07, 6.45) is -6.09. The van der Waals surface area contributed by atoms with Crippen molar-refractivity contribution in [3.8, 4) is 0 Å². The Morgan fingerprint density at radius 3 is 2.42 bits per heavy atom. The maximum atomic E-state index is 12.4. The van der Waals surface area contributed by atoms with Crippen LogP contribution in [0.2, 0.25) is 0 Å². The molecular weight excluding hydrogens is 176 g/mol. The Hall–Kier alpha value is -0.580. The van der Waals surface area contributed by atoms with Crippen molar-refractivity contribution in [2.45, 2.75) is 25.9 Å². The van der Waals surface area contributed by atoms with E-state index >= 15 is 0 Å². The van der Waals surface area contributed by atoms with Crippen molar-refractivity contribution >= 4 is 0 Å². The van der Waals surface area contributed by atoms with Gasteiger partial charge in [0.25, 0.3) is 6.08 Å². The van der Waals surface area contributed by atoms with Gasteiger partial charge < -0.3 is 4.74 Å². The molecule has 0 bridgehead atoms. The smallest absolute Gasteiger partial charge is 0.320 e. The lowest BCUT2D eigenvalue weighted by Crippen LogP contribution is -2.20. The van der Waals surface area contributed by atoms with E-state index < -0.39 is 18.6 Å². The van der Waals surface area contributed by atoms with Crippen LogP contribution in [0.15, 0.2) is 12.2 Å². The van der Waals surface area contributed by atoms with Gasteiger partial charge in [-0.2, -0.15) is 17.6 Å². The number of hydrogen-bond acceptors (Lipinski definition) is 1. The van der Waals surface area contributed by atoms with Gasteiger partial charge in [-0.25, -0.2) is 0 Å². The van der Waals surface area contributed by atoms with Crippen LogP contribution < -0.4 is 0 Å². The quantitative estimate of drug-likeness (QED) is 0.599. The highest BCUT2D eigenvalue weighted by atomic mass is 19.3. The minimum atomic E-state index is -3.47. The van der Waals surface area contributed by atoms with Crippen LogP contribution in [0.1, 0.15) is 19.8 Å². The molecule has 0 radical (unpaired) electrons. The second-order valence-electron chi connectivity index (χ2n) is 2.18. The van der Waals surface area contributed by atoms with E-state index in [9.17, 15) is 17.6 Å². The first-order chi connectivity index (χ1) is 5.48. The van der Waals surface area contributed by atoms with Crippen LogP contribution in [0.25, 0.3) is 0 Å². The third kappa shape index (κ3) is 6.15. The molecule has 0 heterocycles. The molecule has 1 nitrogen and oxygen atoms in total. The van der Waals surface area contributed by atoms with Crippen LogP contribution in [0.3, 0.4) is 0 Å². The molecule has 0 amide bonds. The molecule has 0 aromatic rings. The number of ether oxygens (including phenoxy) is 1. The molecule has 0 unspecified atom stereocenters. The molecule has 72 valence electrons. The third-order valence-corrected chi connectivity index (χ3v) is 1.01. The Kier molecular flexibility index (Phi) is 4.89. The average molecular weight is 186 g/mol. The predicted octanol–water partition coefficient (Wildman–Crippen LogP) is 3.18. The highest BCUT2D eigenvalue weighted by Crippen LogP contribution is 2.21. The molecule has 0 fully saturated rings. The zero-order valence-corrected chi connectivity index (χ0v) is 6.62. The molecule has 0 aliphatic heterocycles. The lowest BCUT2D eigenvalue weighted by atomic mass is 10.4. The van der Waals surface area contributed by atoms with Gasteiger partial charge >= 0.3 is 6.11 Å². The van der Waals surface area contributed by atoms with Crippen LogP contribution in [-0.2, 0) is 4.74 Å². The Morgan fingerprint density at radius 2 is 2.00 bits per heavy atom. The molecule has 0 aliphatic carbocycles. The Labute approximate surface area is 68.0 Å². The van der Waals surface area contributed by atoms with Crippen LogP contribution in [-0.4, -0.2) is 12.7 Å². The Balaban J connectivity index is 3.78. The van der Waals surface area contributed by atoms with Crippen molar-refractivity contribution in [3.63, 3.8) is 0 Å². The summed E-state index contributed by atoms with van der Waals surface area (Å²) in [5.41, 5.74) is 0. The van der Waals surface area contributed by atoms with E-state index in [1.165, 1.54) is 0 Å². The molecule has 0 spiro atoms. The summed E-state index contributed by atoms with van der Waals surface area (Å²) in [5, 5.41) is 0. The molecular formula is C7H10F4O. The SMILES string of the molecule is CCCOC(F)(F)CC=C(F)F. The fourth-order valence-corrected chi connectivity index (χ4v) is 0.506. The van der Waals surface area contributed by atoms with Crippen molar-refractivity contribution in [3.05, 3.63) is 12.2 Å². The second kappa shape index (κ2) is 5.13. The van der Waals surface area contributed by atoms with Gasteiger partial charge in [-0.05, 0) is 12.5 Å². The molecule has 12 heavy (non-hydrogen) atoms. The van der Waals surface area contributed by atoms with E-state index in [1.54, 1.807) is 6.92 Å². The maximum Gasteiger partial charge on any atom is 0.359 e. The molecule has 0 saturated heterocycles. The summed E-state index contributed by atoms with van der Waals surface area (Å²) < 4.78 is 51.5. The average Bonchev–Trinajstić information content (AvgIpc) is 1.98. The third-order valence-electron chi connectivity index (χ3n) is 1.01. The second-order valence-corrected chi connectivity index (χ2v) is 2.18. The largest absolute Gasteiger partial charge is 0.359 e. The maximum absolute atomic E-state index is 12.4. The lowest BCUT2D eigenvalue weighted by Gasteiger charge is -2.13. The highest BCUT2D eigenvalue weighted by molar-refractivity contribution is 4.83. The fraction of sp³-hybridized carbons (Fsp3) is 0.714. The van der Waals surface area contributed by atoms with Gasteiger partial charge in [0.05, 0.1) is 13.0 Å². The van der Waals surface area contributed by atoms with Crippen LogP contribution in [0.4, 0.5) is 17.6 Å². The van der Waals surface area contributed by atoms with Crippen molar-refractivity contribution < 1.29 is 22.3 Å². The number of halogens is 4. The molecule has 0 rings (SSSR count). The normalized spacial score (nSPS) is 11.4. The van der Waals surface area contributed by atoms with Crippen LogP contribution in [0.5, 0.6) is 0 Å². The number of hydrogen-bond donors (Lipinski definition) is 0. The molecule has 0 aromatic carbocycles. The summed E-state index contributed by atoms with van der Waals surface area (Å²) in [4.78, 5) is 0. The monoisotopic (exact) mass is 186 g/mol. The van der Waals surface area contributed by atoms with E-state index in [0.717, 1.165) is 0 Å². The van der Waals surface area contributed by atoms with Gasteiger partial charge in [-0.1, -0.05) is 6.92 Å². The van der Waals surface area contributed by atoms with Crippen molar-refractivity contribution in [2.24, 2.45) is 0 Å². The molecule has 0 N–H and O–H groups in total. The standard InChI is InChI=1S/C7H10F4O/c1-2-5-12-7(10,11)4-3-6(8)9/h3H,2,4-5H2,1H3. The van der Waals surface area contributed by atoms with Gasteiger partial charge in [0.2, 0.25) is 0 Å². The number of rotatable bonds is 5. The molecule has 0 aromatic heterocycles. The van der Waals surface area contributed by atoms with E-state index in [0.29, 0.717) is 6.42 Å². The van der Waals surface area contributed by atoms with Crippen LogP contribution >= 0.6 is 0 Å². The number of alkyl halides is 2. The molecule has 0 aliphatic rings. The van der Waals surface area contributed by atoms with E-state index in [-0.39, 0.29) is 12.7 Å². The first kappa shape index (κ1) is 11.4. The minimum absolute atomic E-state index is 0.130. The zero-order chi connectivity index (χ0) is 9.61. The van der Waals surface area contributed by atoms with Crippen LogP contribution in [0, 0.1) is 0 Å².